The Morgan fingerprint density at radius 3 is 2.63 bits per heavy atom. The minimum atomic E-state index is -3.84. The molecule has 2 fully saturated rings. The maximum atomic E-state index is 12.2. The number of aliphatic carboxylic acids is 1. The molecular formula is C10H12NNaO6S. The number of aliphatic hydroxyl groups excluding tert-OH is 1. The first-order valence-electron chi connectivity index (χ1n) is 5.31. The standard InChI is InChI=1S/C10H13NO6S.Na/c1-10(3-2-4-12)8(9(14)15)11-6(13)5-7(11)18(10,16)17;/h2-3,7-8,12H,4-5H2,1H3,(H,14,15);/q;+1/p-1/b3-2+;/t7-,8+,10+;/m1./s1. The molecule has 2 heterocycles. The van der Waals surface area contributed by atoms with Crippen molar-refractivity contribution >= 4 is 21.7 Å². The third-order valence-electron chi connectivity index (χ3n) is 3.52. The summed E-state index contributed by atoms with van der Waals surface area (Å²) in [6, 6.07) is -1.54. The van der Waals surface area contributed by atoms with E-state index in [2.05, 4.69) is 0 Å². The molecule has 0 radical (unpaired) electrons. The zero-order valence-electron chi connectivity index (χ0n) is 10.6. The van der Waals surface area contributed by atoms with Gasteiger partial charge in [0, 0.05) is 0 Å². The number of carboxylic acid groups (broad SMARTS) is 1. The second kappa shape index (κ2) is 5.17. The van der Waals surface area contributed by atoms with Crippen molar-refractivity contribution < 1.29 is 57.8 Å². The Balaban J connectivity index is 0.00000180. The molecule has 2 aliphatic heterocycles. The molecule has 0 aromatic rings. The van der Waals surface area contributed by atoms with E-state index in [1.54, 1.807) is 0 Å². The van der Waals surface area contributed by atoms with Gasteiger partial charge in [-0.15, -0.1) is 0 Å². The van der Waals surface area contributed by atoms with Crippen LogP contribution in [0.25, 0.3) is 0 Å². The average molecular weight is 297 g/mol. The number of aliphatic hydroxyl groups is 1. The topological polar surface area (TPSA) is 115 Å². The van der Waals surface area contributed by atoms with E-state index in [0.717, 1.165) is 17.1 Å². The van der Waals surface area contributed by atoms with Crippen molar-refractivity contribution in [3.8, 4) is 0 Å². The largest absolute Gasteiger partial charge is 1.00 e. The number of nitrogens with zero attached hydrogens (tertiary/aromatic N) is 1. The van der Waals surface area contributed by atoms with E-state index >= 15 is 0 Å². The van der Waals surface area contributed by atoms with Crippen molar-refractivity contribution in [1.82, 2.24) is 4.90 Å². The normalized spacial score (nSPS) is 35.7. The van der Waals surface area contributed by atoms with E-state index in [1.165, 1.54) is 6.92 Å². The monoisotopic (exact) mass is 297 g/mol. The van der Waals surface area contributed by atoms with E-state index in [0.29, 0.717) is 0 Å². The number of hydrogen-bond donors (Lipinski definition) is 1. The molecule has 3 atom stereocenters. The van der Waals surface area contributed by atoms with E-state index in [1.807, 2.05) is 0 Å². The molecule has 0 unspecified atom stereocenters. The van der Waals surface area contributed by atoms with E-state index < -0.39 is 44.5 Å². The smallest absolute Gasteiger partial charge is 0.548 e. The van der Waals surface area contributed by atoms with E-state index in [-0.39, 0.29) is 36.0 Å². The predicted molar refractivity (Wildman–Crippen MR) is 57.6 cm³/mol. The summed E-state index contributed by atoms with van der Waals surface area (Å²) in [5, 5.41) is 18.8. The molecule has 9 heteroatoms. The van der Waals surface area contributed by atoms with E-state index in [9.17, 15) is 23.1 Å². The molecule has 1 amide bonds. The summed E-state index contributed by atoms with van der Waals surface area (Å²) in [7, 11) is -3.84. The number of sulfone groups is 1. The minimum Gasteiger partial charge on any atom is -0.548 e. The Hall–Kier alpha value is -0.410. The summed E-state index contributed by atoms with van der Waals surface area (Å²) in [6.07, 6.45) is 2.08. The fourth-order valence-electron chi connectivity index (χ4n) is 2.52. The second-order valence-corrected chi connectivity index (χ2v) is 7.01. The van der Waals surface area contributed by atoms with Gasteiger partial charge in [0.15, 0.2) is 9.84 Å². The SMILES string of the molecule is C[C@]1(/C=C/CO)[C@H](C(=O)[O-])N2C(=O)C[C@H]2S1(=O)=O.[Na+]. The molecule has 2 saturated heterocycles. The molecule has 2 aliphatic rings. The van der Waals surface area contributed by atoms with Gasteiger partial charge in [-0.1, -0.05) is 12.2 Å². The van der Waals surface area contributed by atoms with Crippen molar-refractivity contribution in [1.29, 1.82) is 0 Å². The third kappa shape index (κ3) is 2.06. The molecular weight excluding hydrogens is 285 g/mol. The summed E-state index contributed by atoms with van der Waals surface area (Å²) in [5.41, 5.74) is 0. The van der Waals surface area contributed by atoms with Gasteiger partial charge < -0.3 is 19.9 Å². The Kier molecular flexibility index (Phi) is 4.53. The Morgan fingerprint density at radius 2 is 2.21 bits per heavy atom. The van der Waals surface area contributed by atoms with Crippen LogP contribution in [0.15, 0.2) is 12.2 Å². The first-order chi connectivity index (χ1) is 8.27. The van der Waals surface area contributed by atoms with Gasteiger partial charge in [0.2, 0.25) is 5.91 Å². The van der Waals surface area contributed by atoms with Crippen LogP contribution in [-0.2, 0) is 19.4 Å². The van der Waals surface area contributed by atoms with Crippen LogP contribution in [0, 0.1) is 0 Å². The van der Waals surface area contributed by atoms with Gasteiger partial charge in [-0.3, -0.25) is 4.79 Å². The summed E-state index contributed by atoms with van der Waals surface area (Å²) in [6.45, 7) is 0.810. The maximum Gasteiger partial charge on any atom is 1.00 e. The molecule has 7 nitrogen and oxygen atoms in total. The van der Waals surface area contributed by atoms with Gasteiger partial charge in [0.1, 0.15) is 10.1 Å². The third-order valence-corrected chi connectivity index (χ3v) is 6.21. The predicted octanol–water partition coefficient (Wildman–Crippen LogP) is -5.60. The van der Waals surface area contributed by atoms with Crippen LogP contribution in [-0.4, -0.2) is 53.1 Å². The molecule has 0 saturated carbocycles. The fraction of sp³-hybridized carbons (Fsp3) is 0.600. The number of rotatable bonds is 3. The molecule has 0 spiro atoms. The number of fused-ring (bicyclic) bond motifs is 1. The van der Waals surface area contributed by atoms with Crippen LogP contribution in [0.1, 0.15) is 13.3 Å². The van der Waals surface area contributed by atoms with Crippen LogP contribution in [0.4, 0.5) is 0 Å². The Morgan fingerprint density at radius 1 is 1.63 bits per heavy atom. The summed E-state index contributed by atoms with van der Waals surface area (Å²) >= 11 is 0. The van der Waals surface area contributed by atoms with Crippen molar-refractivity contribution in [3.05, 3.63) is 12.2 Å². The summed E-state index contributed by atoms with van der Waals surface area (Å²) in [4.78, 5) is 23.4. The number of amides is 1. The van der Waals surface area contributed by atoms with Crippen LogP contribution in [0.2, 0.25) is 0 Å². The molecule has 19 heavy (non-hydrogen) atoms. The molecule has 0 bridgehead atoms. The minimum absolute atomic E-state index is 0. The molecule has 1 N–H and O–H groups in total. The average Bonchev–Trinajstić information content (AvgIpc) is 2.41. The molecule has 2 rings (SSSR count). The van der Waals surface area contributed by atoms with Crippen LogP contribution >= 0.6 is 0 Å². The summed E-state index contributed by atoms with van der Waals surface area (Å²) in [5.74, 6) is -2.13. The van der Waals surface area contributed by atoms with Crippen LogP contribution < -0.4 is 34.7 Å². The van der Waals surface area contributed by atoms with Gasteiger partial charge in [-0.25, -0.2) is 8.42 Å². The molecule has 100 valence electrons. The first-order valence-corrected chi connectivity index (χ1v) is 6.86. The fourth-order valence-corrected chi connectivity index (χ4v) is 4.81. The molecule has 0 aromatic carbocycles. The Bertz CT molecular complexity index is 544. The first kappa shape index (κ1) is 16.6. The van der Waals surface area contributed by atoms with E-state index in [4.69, 9.17) is 5.11 Å². The Labute approximate surface area is 132 Å². The van der Waals surface area contributed by atoms with Gasteiger partial charge >= 0.3 is 29.6 Å². The summed E-state index contributed by atoms with van der Waals surface area (Å²) < 4.78 is 22.7. The zero-order valence-corrected chi connectivity index (χ0v) is 13.4. The van der Waals surface area contributed by atoms with Gasteiger partial charge in [-0.05, 0) is 6.92 Å². The van der Waals surface area contributed by atoms with Crippen molar-refractivity contribution in [2.45, 2.75) is 29.5 Å². The number of hydrogen-bond acceptors (Lipinski definition) is 6. The van der Waals surface area contributed by atoms with Crippen LogP contribution in [0.5, 0.6) is 0 Å². The number of β-lactam (4-membered cyclic amide) rings is 1. The molecule has 0 aliphatic carbocycles. The maximum absolute atomic E-state index is 12.2. The van der Waals surface area contributed by atoms with Crippen molar-refractivity contribution in [2.24, 2.45) is 0 Å². The second-order valence-electron chi connectivity index (χ2n) is 4.50. The van der Waals surface area contributed by atoms with Gasteiger partial charge in [-0.2, -0.15) is 0 Å². The van der Waals surface area contributed by atoms with Gasteiger partial charge in [0.25, 0.3) is 0 Å². The number of carbonyl (C=O) groups excluding carboxylic acids is 2. The van der Waals surface area contributed by atoms with Crippen LogP contribution in [0.3, 0.4) is 0 Å². The number of carboxylic acids is 1. The van der Waals surface area contributed by atoms with Crippen molar-refractivity contribution in [3.63, 3.8) is 0 Å². The van der Waals surface area contributed by atoms with Crippen molar-refractivity contribution in [2.75, 3.05) is 6.61 Å². The van der Waals surface area contributed by atoms with Gasteiger partial charge in [0.05, 0.1) is 25.0 Å². The molecule has 0 aromatic heterocycles. The zero-order chi connectivity index (χ0) is 13.7. The number of carbonyl (C=O) groups is 2. The quantitative estimate of drug-likeness (QED) is 0.315.